The predicted molar refractivity (Wildman–Crippen MR) is 83.4 cm³/mol. The van der Waals surface area contributed by atoms with Gasteiger partial charge in [-0.05, 0) is 18.6 Å². The zero-order valence-corrected chi connectivity index (χ0v) is 13.8. The molecular formula is C17H19NO4S. The monoisotopic (exact) mass is 333 g/mol. The zero-order chi connectivity index (χ0) is 16.4. The molecule has 1 saturated carbocycles. The Morgan fingerprint density at radius 2 is 1.87 bits per heavy atom. The number of carbonyl (C=O) groups is 2. The van der Waals surface area contributed by atoms with E-state index in [1.165, 1.54) is 0 Å². The highest BCUT2D eigenvalue weighted by Crippen LogP contribution is 2.53. The van der Waals surface area contributed by atoms with Crippen LogP contribution in [0, 0.1) is 11.3 Å². The molecule has 5 nitrogen and oxygen atoms in total. The number of ketones is 1. The van der Waals surface area contributed by atoms with Crippen LogP contribution in [0.4, 0.5) is 0 Å². The molecule has 23 heavy (non-hydrogen) atoms. The molecular weight excluding hydrogens is 314 g/mol. The van der Waals surface area contributed by atoms with E-state index in [0.29, 0.717) is 6.42 Å². The second-order valence-electron chi connectivity index (χ2n) is 7.19. The summed E-state index contributed by atoms with van der Waals surface area (Å²) in [5, 5.41) is -0.714. The molecule has 2 saturated heterocycles. The molecule has 4 rings (SSSR count). The molecule has 0 N–H and O–H groups in total. The molecule has 1 unspecified atom stereocenters. The van der Waals surface area contributed by atoms with Crippen LogP contribution in [0.5, 0.6) is 0 Å². The first kappa shape index (κ1) is 14.9. The van der Waals surface area contributed by atoms with E-state index in [-0.39, 0.29) is 47.9 Å². The Balaban J connectivity index is 1.82. The van der Waals surface area contributed by atoms with Gasteiger partial charge in [0.2, 0.25) is 5.91 Å². The largest absolute Gasteiger partial charge is 0.338 e. The number of sulfone groups is 1. The van der Waals surface area contributed by atoms with E-state index in [1.807, 2.05) is 6.92 Å². The summed E-state index contributed by atoms with van der Waals surface area (Å²) in [5.41, 5.74) is -0.682. The quantitative estimate of drug-likeness (QED) is 0.821. The number of rotatable bonds is 2. The second-order valence-corrected chi connectivity index (χ2v) is 9.32. The van der Waals surface area contributed by atoms with Gasteiger partial charge in [0.25, 0.3) is 0 Å². The van der Waals surface area contributed by atoms with Gasteiger partial charge in [-0.1, -0.05) is 25.1 Å². The van der Waals surface area contributed by atoms with E-state index in [9.17, 15) is 18.0 Å². The molecule has 0 spiro atoms. The molecule has 2 heterocycles. The Kier molecular flexibility index (Phi) is 3.01. The van der Waals surface area contributed by atoms with Crippen LogP contribution < -0.4 is 0 Å². The maximum absolute atomic E-state index is 13.1. The fourth-order valence-corrected chi connectivity index (χ4v) is 6.83. The predicted octanol–water partition coefficient (Wildman–Crippen LogP) is 1.43. The van der Waals surface area contributed by atoms with Crippen molar-refractivity contribution in [1.82, 2.24) is 4.90 Å². The standard InChI is InChI=1S/C17H19NO4S/c1-17-9-13(19)11-7-14(17)18(16(20)8-11)10-15(17)23(21,22)12-5-3-2-4-6-12/h2-6,11,14-15H,7-10H2,1H3/t11-,14-,15?,17+/m1/s1. The van der Waals surface area contributed by atoms with Gasteiger partial charge < -0.3 is 4.90 Å². The number of amides is 1. The van der Waals surface area contributed by atoms with Crippen LogP contribution in [0.3, 0.4) is 0 Å². The molecule has 1 aromatic rings. The normalized spacial score (nSPS) is 36.4. The van der Waals surface area contributed by atoms with Gasteiger partial charge in [0.15, 0.2) is 9.84 Å². The first-order valence-electron chi connectivity index (χ1n) is 7.95. The molecule has 6 heteroatoms. The molecule has 3 aliphatic rings. The molecule has 1 aromatic carbocycles. The summed E-state index contributed by atoms with van der Waals surface area (Å²) in [7, 11) is -3.58. The average Bonchev–Trinajstić information content (AvgIpc) is 2.84. The molecule has 1 aliphatic carbocycles. The minimum absolute atomic E-state index is 0.0481. The highest BCUT2D eigenvalue weighted by molar-refractivity contribution is 7.92. The van der Waals surface area contributed by atoms with E-state index in [1.54, 1.807) is 35.2 Å². The second kappa shape index (κ2) is 4.66. The molecule has 1 amide bonds. The highest BCUT2D eigenvalue weighted by Gasteiger charge is 2.63. The molecule has 0 radical (unpaired) electrons. The number of nitrogens with zero attached hydrogens (tertiary/aromatic N) is 1. The lowest BCUT2D eigenvalue weighted by Crippen LogP contribution is -2.54. The number of carbonyl (C=O) groups excluding carboxylic acids is 2. The number of hydrogen-bond acceptors (Lipinski definition) is 4. The van der Waals surface area contributed by atoms with Crippen LogP contribution in [0.1, 0.15) is 26.2 Å². The van der Waals surface area contributed by atoms with Crippen molar-refractivity contribution in [1.29, 1.82) is 0 Å². The van der Waals surface area contributed by atoms with E-state index in [4.69, 9.17) is 0 Å². The molecule has 2 aliphatic heterocycles. The number of benzene rings is 1. The van der Waals surface area contributed by atoms with Gasteiger partial charge in [-0.15, -0.1) is 0 Å². The molecule has 2 bridgehead atoms. The average molecular weight is 333 g/mol. The molecule has 0 aromatic heterocycles. The van der Waals surface area contributed by atoms with Gasteiger partial charge in [0.1, 0.15) is 5.78 Å². The smallest absolute Gasteiger partial charge is 0.223 e. The third-order valence-corrected chi connectivity index (χ3v) is 8.31. The van der Waals surface area contributed by atoms with Crippen LogP contribution in [0.15, 0.2) is 35.2 Å². The summed E-state index contributed by atoms with van der Waals surface area (Å²) >= 11 is 0. The molecule has 4 atom stereocenters. The van der Waals surface area contributed by atoms with Crippen LogP contribution in [0.25, 0.3) is 0 Å². The lowest BCUT2D eigenvalue weighted by atomic mass is 9.65. The number of Topliss-reactive ketones (excluding diaryl/α,β-unsaturated/α-hetero) is 1. The van der Waals surface area contributed by atoms with E-state index in [2.05, 4.69) is 0 Å². The van der Waals surface area contributed by atoms with Gasteiger partial charge in [-0.3, -0.25) is 9.59 Å². The van der Waals surface area contributed by atoms with E-state index >= 15 is 0 Å². The van der Waals surface area contributed by atoms with Gasteiger partial charge in [0, 0.05) is 36.8 Å². The first-order valence-corrected chi connectivity index (χ1v) is 9.50. The zero-order valence-electron chi connectivity index (χ0n) is 12.9. The molecule has 3 fully saturated rings. The number of fused-ring (bicyclic) bond motifs is 1. The van der Waals surface area contributed by atoms with Crippen molar-refractivity contribution >= 4 is 21.5 Å². The van der Waals surface area contributed by atoms with Crippen LogP contribution in [-0.4, -0.2) is 42.8 Å². The molecule has 122 valence electrons. The van der Waals surface area contributed by atoms with Crippen molar-refractivity contribution in [3.8, 4) is 0 Å². The summed E-state index contributed by atoms with van der Waals surface area (Å²) in [6.45, 7) is 2.08. The lowest BCUT2D eigenvalue weighted by molar-refractivity contribution is -0.148. The SMILES string of the molecule is C[C@@]12CC(=O)[C@H]3CC(=O)N(CC1S(=O)(=O)c1ccccc1)[C@@H]2C3. The summed E-state index contributed by atoms with van der Waals surface area (Å²) in [4.78, 5) is 26.7. The van der Waals surface area contributed by atoms with Gasteiger partial charge in [0.05, 0.1) is 10.1 Å². The Bertz CT molecular complexity index is 786. The maximum Gasteiger partial charge on any atom is 0.223 e. The Morgan fingerprint density at radius 3 is 2.57 bits per heavy atom. The third kappa shape index (κ3) is 1.94. The third-order valence-electron chi connectivity index (χ3n) is 5.94. The van der Waals surface area contributed by atoms with Crippen LogP contribution in [-0.2, 0) is 19.4 Å². The van der Waals surface area contributed by atoms with Crippen molar-refractivity contribution in [2.24, 2.45) is 11.3 Å². The van der Waals surface area contributed by atoms with E-state index < -0.39 is 20.5 Å². The maximum atomic E-state index is 13.1. The van der Waals surface area contributed by atoms with Crippen LogP contribution in [0.2, 0.25) is 0 Å². The van der Waals surface area contributed by atoms with Crippen molar-refractivity contribution in [2.75, 3.05) is 6.54 Å². The highest BCUT2D eigenvalue weighted by atomic mass is 32.2. The van der Waals surface area contributed by atoms with Crippen molar-refractivity contribution in [3.05, 3.63) is 30.3 Å². The van der Waals surface area contributed by atoms with Gasteiger partial charge in [-0.25, -0.2) is 8.42 Å². The summed E-state index contributed by atoms with van der Waals surface area (Å²) in [5.74, 6) is -0.238. The van der Waals surface area contributed by atoms with Crippen molar-refractivity contribution in [2.45, 2.75) is 42.4 Å². The van der Waals surface area contributed by atoms with E-state index in [0.717, 1.165) is 0 Å². The van der Waals surface area contributed by atoms with Crippen LogP contribution >= 0.6 is 0 Å². The first-order chi connectivity index (χ1) is 10.8. The summed E-state index contributed by atoms with van der Waals surface area (Å²) in [6, 6.07) is 8.22. The topological polar surface area (TPSA) is 71.5 Å². The number of piperidine rings is 1. The summed E-state index contributed by atoms with van der Waals surface area (Å²) < 4.78 is 26.3. The summed E-state index contributed by atoms with van der Waals surface area (Å²) in [6.07, 6.45) is 1.11. The lowest BCUT2D eigenvalue weighted by Gasteiger charge is -2.46. The minimum atomic E-state index is -3.58. The fraction of sp³-hybridized carbons (Fsp3) is 0.529. The Hall–Kier alpha value is -1.69. The van der Waals surface area contributed by atoms with Crippen molar-refractivity contribution in [3.63, 3.8) is 0 Å². The Morgan fingerprint density at radius 1 is 1.17 bits per heavy atom. The van der Waals surface area contributed by atoms with Gasteiger partial charge >= 0.3 is 0 Å². The minimum Gasteiger partial charge on any atom is -0.338 e. The number of hydrogen-bond donors (Lipinski definition) is 0. The Labute approximate surface area is 135 Å². The fourth-order valence-electron chi connectivity index (χ4n) is 4.66. The van der Waals surface area contributed by atoms with Gasteiger partial charge in [-0.2, -0.15) is 0 Å². The van der Waals surface area contributed by atoms with Crippen molar-refractivity contribution < 1.29 is 18.0 Å².